The van der Waals surface area contributed by atoms with Crippen LogP contribution in [0.1, 0.15) is 38.8 Å². The molecule has 0 aliphatic rings. The average Bonchev–Trinajstić information content (AvgIpc) is 2.46. The molecule has 1 aromatic carbocycles. The standard InChI is InChI=1S/C17H24O4/c1-12(2)15(18)21-11-10-13-6-8-14(9-7-13)17(3,4)16(19)20-5/h6-9,12H,10-11H2,1-5H3. The predicted octanol–water partition coefficient (Wildman–Crippen LogP) is 2.88. The molecule has 0 spiro atoms. The number of hydrogen-bond donors (Lipinski definition) is 0. The monoisotopic (exact) mass is 292 g/mol. The number of ether oxygens (including phenoxy) is 2. The SMILES string of the molecule is COC(=O)C(C)(C)c1ccc(CCOC(=O)C(C)C)cc1. The lowest BCUT2D eigenvalue weighted by Gasteiger charge is -2.22. The van der Waals surface area contributed by atoms with E-state index in [1.54, 1.807) is 0 Å². The highest BCUT2D eigenvalue weighted by Crippen LogP contribution is 2.25. The Hall–Kier alpha value is -1.84. The molecular formula is C17H24O4. The smallest absolute Gasteiger partial charge is 0.315 e. The van der Waals surface area contributed by atoms with E-state index in [9.17, 15) is 9.59 Å². The van der Waals surface area contributed by atoms with Crippen molar-refractivity contribution in [2.45, 2.75) is 39.5 Å². The van der Waals surface area contributed by atoms with Gasteiger partial charge < -0.3 is 9.47 Å². The fraction of sp³-hybridized carbons (Fsp3) is 0.529. The molecule has 4 nitrogen and oxygen atoms in total. The van der Waals surface area contributed by atoms with Gasteiger partial charge in [-0.2, -0.15) is 0 Å². The van der Waals surface area contributed by atoms with Crippen LogP contribution in [0, 0.1) is 5.92 Å². The van der Waals surface area contributed by atoms with Gasteiger partial charge in [-0.05, 0) is 25.0 Å². The topological polar surface area (TPSA) is 52.6 Å². The van der Waals surface area contributed by atoms with E-state index in [1.165, 1.54) is 7.11 Å². The maximum Gasteiger partial charge on any atom is 0.315 e. The molecule has 0 unspecified atom stereocenters. The van der Waals surface area contributed by atoms with E-state index in [1.807, 2.05) is 52.0 Å². The van der Waals surface area contributed by atoms with Crippen molar-refractivity contribution in [1.82, 2.24) is 0 Å². The molecule has 0 bridgehead atoms. The molecule has 116 valence electrons. The van der Waals surface area contributed by atoms with Crippen LogP contribution in [0.15, 0.2) is 24.3 Å². The fourth-order valence-corrected chi connectivity index (χ4v) is 1.90. The molecule has 0 amide bonds. The van der Waals surface area contributed by atoms with Gasteiger partial charge >= 0.3 is 11.9 Å². The van der Waals surface area contributed by atoms with Gasteiger partial charge in [-0.1, -0.05) is 38.1 Å². The van der Waals surface area contributed by atoms with E-state index in [-0.39, 0.29) is 17.9 Å². The van der Waals surface area contributed by atoms with Crippen molar-refractivity contribution in [3.63, 3.8) is 0 Å². The zero-order valence-electron chi connectivity index (χ0n) is 13.4. The van der Waals surface area contributed by atoms with Crippen molar-refractivity contribution in [2.75, 3.05) is 13.7 Å². The fourth-order valence-electron chi connectivity index (χ4n) is 1.90. The molecular weight excluding hydrogens is 268 g/mol. The van der Waals surface area contributed by atoms with Crippen molar-refractivity contribution in [2.24, 2.45) is 5.92 Å². The summed E-state index contributed by atoms with van der Waals surface area (Å²) in [6.45, 7) is 7.66. The predicted molar refractivity (Wildman–Crippen MR) is 81.0 cm³/mol. The highest BCUT2D eigenvalue weighted by molar-refractivity contribution is 5.82. The van der Waals surface area contributed by atoms with Gasteiger partial charge in [-0.3, -0.25) is 9.59 Å². The normalized spacial score (nSPS) is 11.3. The van der Waals surface area contributed by atoms with Crippen LogP contribution in [0.25, 0.3) is 0 Å². The van der Waals surface area contributed by atoms with Crippen LogP contribution in [0.4, 0.5) is 0 Å². The Morgan fingerprint density at radius 2 is 1.71 bits per heavy atom. The molecule has 0 radical (unpaired) electrons. The Bertz CT molecular complexity index is 486. The minimum Gasteiger partial charge on any atom is -0.468 e. The van der Waals surface area contributed by atoms with Gasteiger partial charge in [-0.15, -0.1) is 0 Å². The Kier molecular flexibility index (Phi) is 5.94. The molecule has 1 aromatic rings. The number of methoxy groups -OCH3 is 1. The summed E-state index contributed by atoms with van der Waals surface area (Å²) >= 11 is 0. The lowest BCUT2D eigenvalue weighted by Crippen LogP contribution is -2.30. The quantitative estimate of drug-likeness (QED) is 0.757. The third-order valence-corrected chi connectivity index (χ3v) is 3.48. The highest BCUT2D eigenvalue weighted by Gasteiger charge is 2.30. The first-order valence-electron chi connectivity index (χ1n) is 7.13. The van der Waals surface area contributed by atoms with E-state index in [2.05, 4.69) is 0 Å². The van der Waals surface area contributed by atoms with Crippen LogP contribution < -0.4 is 0 Å². The summed E-state index contributed by atoms with van der Waals surface area (Å²) in [7, 11) is 1.39. The number of hydrogen-bond acceptors (Lipinski definition) is 4. The molecule has 0 aromatic heterocycles. The first-order valence-corrected chi connectivity index (χ1v) is 7.13. The van der Waals surface area contributed by atoms with Crippen molar-refractivity contribution in [1.29, 1.82) is 0 Å². The summed E-state index contributed by atoms with van der Waals surface area (Å²) in [6, 6.07) is 7.72. The molecule has 21 heavy (non-hydrogen) atoms. The van der Waals surface area contributed by atoms with E-state index >= 15 is 0 Å². The lowest BCUT2D eigenvalue weighted by atomic mass is 9.84. The largest absolute Gasteiger partial charge is 0.468 e. The molecule has 0 N–H and O–H groups in total. The van der Waals surface area contributed by atoms with E-state index < -0.39 is 5.41 Å². The third kappa shape index (κ3) is 4.59. The number of esters is 2. The maximum absolute atomic E-state index is 11.8. The van der Waals surface area contributed by atoms with Crippen LogP contribution in [-0.2, 0) is 30.9 Å². The summed E-state index contributed by atoms with van der Waals surface area (Å²) in [5.41, 5.74) is 1.30. The number of benzene rings is 1. The second kappa shape index (κ2) is 7.25. The summed E-state index contributed by atoms with van der Waals surface area (Å²) < 4.78 is 9.96. The molecule has 0 saturated carbocycles. The van der Waals surface area contributed by atoms with Crippen LogP contribution in [0.5, 0.6) is 0 Å². The van der Waals surface area contributed by atoms with Crippen LogP contribution in [0.3, 0.4) is 0 Å². The number of carbonyl (C=O) groups is 2. The molecule has 1 rings (SSSR count). The van der Waals surface area contributed by atoms with Gasteiger partial charge in [0.15, 0.2) is 0 Å². The molecule has 0 aliphatic heterocycles. The van der Waals surface area contributed by atoms with Gasteiger partial charge in [0.1, 0.15) is 0 Å². The highest BCUT2D eigenvalue weighted by atomic mass is 16.5. The molecule has 4 heteroatoms. The van der Waals surface area contributed by atoms with Crippen molar-refractivity contribution >= 4 is 11.9 Å². The first-order chi connectivity index (χ1) is 9.78. The second-order valence-corrected chi connectivity index (χ2v) is 5.89. The van der Waals surface area contributed by atoms with E-state index in [0.29, 0.717) is 13.0 Å². The summed E-state index contributed by atoms with van der Waals surface area (Å²) in [5, 5.41) is 0. The molecule has 0 fully saturated rings. The molecule has 0 atom stereocenters. The summed E-state index contributed by atoms with van der Waals surface area (Å²) in [6.07, 6.45) is 0.664. The lowest BCUT2D eigenvalue weighted by molar-refractivity contribution is -0.147. The zero-order valence-corrected chi connectivity index (χ0v) is 13.4. The zero-order chi connectivity index (χ0) is 16.0. The molecule has 0 saturated heterocycles. The van der Waals surface area contributed by atoms with Crippen molar-refractivity contribution in [3.05, 3.63) is 35.4 Å². The third-order valence-electron chi connectivity index (χ3n) is 3.48. The number of rotatable bonds is 6. The van der Waals surface area contributed by atoms with Crippen LogP contribution in [0.2, 0.25) is 0 Å². The molecule has 0 aliphatic carbocycles. The maximum atomic E-state index is 11.8. The van der Waals surface area contributed by atoms with Gasteiger partial charge in [0.2, 0.25) is 0 Å². The Morgan fingerprint density at radius 3 is 2.19 bits per heavy atom. The number of carbonyl (C=O) groups excluding carboxylic acids is 2. The first kappa shape index (κ1) is 17.2. The summed E-state index contributed by atoms with van der Waals surface area (Å²) in [4.78, 5) is 23.1. The minimum atomic E-state index is -0.669. The Balaban J connectivity index is 2.62. The van der Waals surface area contributed by atoms with Crippen LogP contribution >= 0.6 is 0 Å². The average molecular weight is 292 g/mol. The Morgan fingerprint density at radius 1 is 1.14 bits per heavy atom. The van der Waals surface area contributed by atoms with E-state index in [4.69, 9.17) is 9.47 Å². The Labute approximate surface area is 126 Å². The van der Waals surface area contributed by atoms with E-state index in [0.717, 1.165) is 11.1 Å². The van der Waals surface area contributed by atoms with Gasteiger partial charge in [-0.25, -0.2) is 0 Å². The van der Waals surface area contributed by atoms with Crippen molar-refractivity contribution < 1.29 is 19.1 Å². The molecule has 0 heterocycles. The van der Waals surface area contributed by atoms with Gasteiger partial charge in [0, 0.05) is 6.42 Å². The van der Waals surface area contributed by atoms with Crippen LogP contribution in [-0.4, -0.2) is 25.7 Å². The van der Waals surface area contributed by atoms with Gasteiger partial charge in [0.05, 0.1) is 25.0 Å². The summed E-state index contributed by atoms with van der Waals surface area (Å²) in [5.74, 6) is -0.548. The second-order valence-electron chi connectivity index (χ2n) is 5.89. The minimum absolute atomic E-state index is 0.103. The van der Waals surface area contributed by atoms with Gasteiger partial charge in [0.25, 0.3) is 0 Å². The van der Waals surface area contributed by atoms with Crippen molar-refractivity contribution in [3.8, 4) is 0 Å².